The minimum absolute atomic E-state index is 0.152. The fourth-order valence-electron chi connectivity index (χ4n) is 2.44. The molecule has 2 atom stereocenters. The molecule has 106 valence electrons. The van der Waals surface area contributed by atoms with Gasteiger partial charge in [0.1, 0.15) is 0 Å². The summed E-state index contributed by atoms with van der Waals surface area (Å²) in [6, 6.07) is 4.06. The monoisotopic (exact) mass is 282 g/mol. The second-order valence-electron chi connectivity index (χ2n) is 5.35. The van der Waals surface area contributed by atoms with Gasteiger partial charge in [0.2, 0.25) is 5.91 Å². The van der Waals surface area contributed by atoms with Gasteiger partial charge >= 0.3 is 0 Å². The zero-order chi connectivity index (χ0) is 13.8. The van der Waals surface area contributed by atoms with Crippen molar-refractivity contribution in [2.75, 3.05) is 26.7 Å². The molecule has 1 aromatic rings. The van der Waals surface area contributed by atoms with Crippen LogP contribution in [0, 0.1) is 5.92 Å². The Labute approximate surface area is 118 Å². The van der Waals surface area contributed by atoms with Crippen LogP contribution in [0.3, 0.4) is 0 Å². The predicted octanol–water partition coefficient (Wildman–Crippen LogP) is 1.41. The molecule has 0 bridgehead atoms. The van der Waals surface area contributed by atoms with Crippen molar-refractivity contribution >= 4 is 17.2 Å². The number of rotatable bonds is 5. The summed E-state index contributed by atoms with van der Waals surface area (Å²) in [6.45, 7) is 4.72. The molecule has 0 aliphatic carbocycles. The zero-order valence-electron chi connectivity index (χ0n) is 11.6. The highest BCUT2D eigenvalue weighted by Crippen LogP contribution is 2.19. The Morgan fingerprint density at radius 1 is 1.68 bits per heavy atom. The molecule has 1 aliphatic heterocycles. The molecule has 0 saturated carbocycles. The number of likely N-dealkylation sites (tertiary alicyclic amines) is 1. The lowest BCUT2D eigenvalue weighted by molar-refractivity contribution is -0.131. The number of hydrogen-bond acceptors (Lipinski definition) is 4. The molecular formula is C14H22N2O2S. The first-order chi connectivity index (χ1) is 9.06. The van der Waals surface area contributed by atoms with Gasteiger partial charge in [-0.1, -0.05) is 6.07 Å². The third kappa shape index (κ3) is 4.03. The maximum atomic E-state index is 12.1. The van der Waals surface area contributed by atoms with Gasteiger partial charge in [0.25, 0.3) is 0 Å². The van der Waals surface area contributed by atoms with Gasteiger partial charge in [0.05, 0.1) is 19.2 Å². The van der Waals surface area contributed by atoms with Crippen LogP contribution in [0.15, 0.2) is 17.5 Å². The Balaban J connectivity index is 1.78. The molecule has 2 unspecified atom stereocenters. The largest absolute Gasteiger partial charge is 0.393 e. The van der Waals surface area contributed by atoms with Crippen molar-refractivity contribution in [3.8, 4) is 0 Å². The zero-order valence-corrected chi connectivity index (χ0v) is 12.4. The highest BCUT2D eigenvalue weighted by molar-refractivity contribution is 7.09. The lowest BCUT2D eigenvalue weighted by atomic mass is 10.0. The van der Waals surface area contributed by atoms with Crippen molar-refractivity contribution in [3.05, 3.63) is 22.4 Å². The van der Waals surface area contributed by atoms with Gasteiger partial charge in [-0.2, -0.15) is 0 Å². The number of likely N-dealkylation sites (N-methyl/N-ethyl adjacent to an activating group) is 1. The van der Waals surface area contributed by atoms with Crippen LogP contribution < -0.4 is 0 Å². The van der Waals surface area contributed by atoms with E-state index in [-0.39, 0.29) is 12.0 Å². The SMILES string of the molecule is CC(O)C1CCN(CC(=O)N(C)Cc2cccs2)C1. The van der Waals surface area contributed by atoms with Crippen LogP contribution in [-0.2, 0) is 11.3 Å². The minimum Gasteiger partial charge on any atom is -0.393 e. The van der Waals surface area contributed by atoms with Crippen molar-refractivity contribution in [1.82, 2.24) is 9.80 Å². The van der Waals surface area contributed by atoms with Gasteiger partial charge in [-0.3, -0.25) is 9.69 Å². The number of carbonyl (C=O) groups is 1. The first kappa shape index (κ1) is 14.5. The van der Waals surface area contributed by atoms with E-state index in [4.69, 9.17) is 0 Å². The Morgan fingerprint density at radius 2 is 2.47 bits per heavy atom. The van der Waals surface area contributed by atoms with E-state index in [0.29, 0.717) is 19.0 Å². The molecule has 0 spiro atoms. The van der Waals surface area contributed by atoms with Crippen LogP contribution in [0.4, 0.5) is 0 Å². The number of nitrogens with zero attached hydrogens (tertiary/aromatic N) is 2. The van der Waals surface area contributed by atoms with E-state index < -0.39 is 0 Å². The van der Waals surface area contributed by atoms with Crippen LogP contribution in [0.2, 0.25) is 0 Å². The third-order valence-electron chi connectivity index (χ3n) is 3.75. The molecule has 2 heterocycles. The summed E-state index contributed by atoms with van der Waals surface area (Å²) in [7, 11) is 1.85. The summed E-state index contributed by atoms with van der Waals surface area (Å²) in [4.78, 5) is 17.3. The van der Waals surface area contributed by atoms with Crippen molar-refractivity contribution in [3.63, 3.8) is 0 Å². The molecule has 1 N–H and O–H groups in total. The minimum atomic E-state index is -0.274. The molecule has 1 amide bonds. The van der Waals surface area contributed by atoms with E-state index in [0.717, 1.165) is 19.5 Å². The maximum Gasteiger partial charge on any atom is 0.236 e. The first-order valence-electron chi connectivity index (χ1n) is 6.73. The Kier molecular flexibility index (Phi) is 4.96. The van der Waals surface area contributed by atoms with E-state index in [2.05, 4.69) is 4.90 Å². The van der Waals surface area contributed by atoms with Crippen molar-refractivity contribution in [2.45, 2.75) is 26.0 Å². The van der Waals surface area contributed by atoms with Crippen molar-refractivity contribution in [1.29, 1.82) is 0 Å². The normalized spacial score (nSPS) is 21.5. The quantitative estimate of drug-likeness (QED) is 0.888. The Hall–Kier alpha value is -0.910. The van der Waals surface area contributed by atoms with E-state index in [1.54, 1.807) is 16.2 Å². The third-order valence-corrected chi connectivity index (χ3v) is 4.61. The second kappa shape index (κ2) is 6.50. The number of thiophene rings is 1. The van der Waals surface area contributed by atoms with Crippen LogP contribution >= 0.6 is 11.3 Å². The highest BCUT2D eigenvalue weighted by atomic mass is 32.1. The molecule has 0 aromatic carbocycles. The number of carbonyl (C=O) groups excluding carboxylic acids is 1. The Morgan fingerprint density at radius 3 is 3.05 bits per heavy atom. The van der Waals surface area contributed by atoms with Gasteiger partial charge in [0, 0.05) is 18.5 Å². The summed E-state index contributed by atoms with van der Waals surface area (Å²) in [5.41, 5.74) is 0. The standard InChI is InChI=1S/C14H22N2O2S/c1-11(17)12-5-6-16(8-12)10-14(18)15(2)9-13-4-3-7-19-13/h3-4,7,11-12,17H,5-6,8-10H2,1-2H3. The summed E-state index contributed by atoms with van der Waals surface area (Å²) < 4.78 is 0. The number of aliphatic hydroxyl groups is 1. The van der Waals surface area contributed by atoms with Gasteiger partial charge in [-0.25, -0.2) is 0 Å². The second-order valence-corrected chi connectivity index (χ2v) is 6.39. The van der Waals surface area contributed by atoms with E-state index in [1.165, 1.54) is 4.88 Å². The van der Waals surface area contributed by atoms with Crippen LogP contribution in [0.25, 0.3) is 0 Å². The van der Waals surface area contributed by atoms with Crippen molar-refractivity contribution in [2.24, 2.45) is 5.92 Å². The lowest BCUT2D eigenvalue weighted by Crippen LogP contribution is -2.37. The molecule has 1 saturated heterocycles. The van der Waals surface area contributed by atoms with Crippen LogP contribution in [0.1, 0.15) is 18.2 Å². The van der Waals surface area contributed by atoms with Gasteiger partial charge in [-0.05, 0) is 37.3 Å². The fourth-order valence-corrected chi connectivity index (χ4v) is 3.19. The number of aliphatic hydroxyl groups excluding tert-OH is 1. The van der Waals surface area contributed by atoms with Crippen molar-refractivity contribution < 1.29 is 9.90 Å². The van der Waals surface area contributed by atoms with E-state index in [9.17, 15) is 9.90 Å². The molecule has 5 heteroatoms. The molecule has 2 rings (SSSR count). The summed E-state index contributed by atoms with van der Waals surface area (Å²) in [6.07, 6.45) is 0.712. The summed E-state index contributed by atoms with van der Waals surface area (Å²) >= 11 is 1.68. The van der Waals surface area contributed by atoms with Gasteiger partial charge < -0.3 is 10.0 Å². The van der Waals surface area contributed by atoms with E-state index >= 15 is 0 Å². The predicted molar refractivity (Wildman–Crippen MR) is 77.0 cm³/mol. The Bertz CT molecular complexity index is 406. The summed E-state index contributed by atoms with van der Waals surface area (Å²) in [5.74, 6) is 0.468. The van der Waals surface area contributed by atoms with Crippen LogP contribution in [-0.4, -0.2) is 53.6 Å². The number of hydrogen-bond donors (Lipinski definition) is 1. The molecular weight excluding hydrogens is 260 g/mol. The summed E-state index contributed by atoms with van der Waals surface area (Å²) in [5, 5.41) is 11.6. The maximum absolute atomic E-state index is 12.1. The number of amides is 1. The molecule has 1 aromatic heterocycles. The first-order valence-corrected chi connectivity index (χ1v) is 7.61. The molecule has 19 heavy (non-hydrogen) atoms. The van der Waals surface area contributed by atoms with Crippen LogP contribution in [0.5, 0.6) is 0 Å². The smallest absolute Gasteiger partial charge is 0.236 e. The lowest BCUT2D eigenvalue weighted by Gasteiger charge is -2.21. The van der Waals surface area contributed by atoms with E-state index in [1.807, 2.05) is 31.5 Å². The topological polar surface area (TPSA) is 43.8 Å². The molecule has 4 nitrogen and oxygen atoms in total. The average molecular weight is 282 g/mol. The molecule has 1 fully saturated rings. The molecule has 0 radical (unpaired) electrons. The van der Waals surface area contributed by atoms with Gasteiger partial charge in [-0.15, -0.1) is 11.3 Å². The van der Waals surface area contributed by atoms with Gasteiger partial charge in [0.15, 0.2) is 0 Å². The molecule has 1 aliphatic rings. The fraction of sp³-hybridized carbons (Fsp3) is 0.643. The average Bonchev–Trinajstić information content (AvgIpc) is 2.99. The highest BCUT2D eigenvalue weighted by Gasteiger charge is 2.27.